The molecule has 28 heavy (non-hydrogen) atoms. The maximum Gasteiger partial charge on any atom is 0.167 e. The van der Waals surface area contributed by atoms with Gasteiger partial charge in [-0.1, -0.05) is 30.3 Å². The van der Waals surface area contributed by atoms with Gasteiger partial charge in [0.05, 0.1) is 24.0 Å². The van der Waals surface area contributed by atoms with Gasteiger partial charge >= 0.3 is 0 Å². The summed E-state index contributed by atoms with van der Waals surface area (Å²) in [6.45, 7) is 1.82. The smallest absolute Gasteiger partial charge is 0.167 e. The predicted molar refractivity (Wildman–Crippen MR) is 107 cm³/mol. The molecule has 142 valence electrons. The second-order valence-electron chi connectivity index (χ2n) is 6.74. The van der Waals surface area contributed by atoms with Crippen molar-refractivity contribution in [2.45, 2.75) is 19.8 Å². The van der Waals surface area contributed by atoms with E-state index in [0.717, 1.165) is 28.2 Å². The van der Waals surface area contributed by atoms with Crippen LogP contribution in [0.1, 0.15) is 17.3 Å². The second kappa shape index (κ2) is 7.38. The van der Waals surface area contributed by atoms with Crippen molar-refractivity contribution >= 4 is 10.9 Å². The first-order chi connectivity index (χ1) is 13.5. The SMILES string of the molecule is COc1cc2c(CCc3nc(-c4ccccc4)cn3C)nc(C)nc2cc1F. The molecule has 0 N–H and O–H groups in total. The molecule has 0 amide bonds. The van der Waals surface area contributed by atoms with Crippen LogP contribution in [-0.4, -0.2) is 26.6 Å². The van der Waals surface area contributed by atoms with Crippen molar-refractivity contribution in [3.63, 3.8) is 0 Å². The average molecular weight is 376 g/mol. The molecule has 0 bridgehead atoms. The summed E-state index contributed by atoms with van der Waals surface area (Å²) in [7, 11) is 3.45. The van der Waals surface area contributed by atoms with Gasteiger partial charge in [-0.25, -0.2) is 19.3 Å². The lowest BCUT2D eigenvalue weighted by atomic mass is 10.1. The molecule has 4 aromatic rings. The Balaban J connectivity index is 1.65. The Bertz CT molecular complexity index is 1140. The molecular weight excluding hydrogens is 355 g/mol. The zero-order valence-electron chi connectivity index (χ0n) is 16.1. The summed E-state index contributed by atoms with van der Waals surface area (Å²) in [5, 5.41) is 0.807. The molecule has 0 atom stereocenters. The van der Waals surface area contributed by atoms with Crippen LogP contribution in [0.25, 0.3) is 22.2 Å². The van der Waals surface area contributed by atoms with Crippen LogP contribution < -0.4 is 4.74 Å². The van der Waals surface area contributed by atoms with E-state index in [1.807, 2.05) is 55.1 Å². The number of aromatic nitrogens is 4. The maximum atomic E-state index is 14.1. The van der Waals surface area contributed by atoms with E-state index in [1.54, 1.807) is 6.07 Å². The lowest BCUT2D eigenvalue weighted by molar-refractivity contribution is 0.387. The zero-order chi connectivity index (χ0) is 19.7. The summed E-state index contributed by atoms with van der Waals surface area (Å²) in [6, 6.07) is 13.2. The van der Waals surface area contributed by atoms with Crippen LogP contribution >= 0.6 is 0 Å². The number of rotatable bonds is 5. The highest BCUT2D eigenvalue weighted by Crippen LogP contribution is 2.26. The van der Waals surface area contributed by atoms with Crippen LogP contribution in [0.3, 0.4) is 0 Å². The minimum Gasteiger partial charge on any atom is -0.494 e. The number of imidazole rings is 1. The van der Waals surface area contributed by atoms with Crippen LogP contribution in [0.5, 0.6) is 5.75 Å². The number of benzene rings is 2. The van der Waals surface area contributed by atoms with Crippen LogP contribution in [0.2, 0.25) is 0 Å². The van der Waals surface area contributed by atoms with Gasteiger partial charge in [-0.15, -0.1) is 0 Å². The van der Waals surface area contributed by atoms with E-state index < -0.39 is 5.82 Å². The van der Waals surface area contributed by atoms with Crippen molar-refractivity contribution in [1.29, 1.82) is 0 Å². The monoisotopic (exact) mass is 376 g/mol. The molecule has 0 aliphatic rings. The molecule has 0 radical (unpaired) electrons. The summed E-state index contributed by atoms with van der Waals surface area (Å²) in [5.74, 6) is 1.37. The van der Waals surface area contributed by atoms with Gasteiger partial charge in [0.2, 0.25) is 0 Å². The molecule has 0 unspecified atom stereocenters. The highest BCUT2D eigenvalue weighted by Gasteiger charge is 2.13. The van der Waals surface area contributed by atoms with Gasteiger partial charge in [-0.2, -0.15) is 0 Å². The standard InChI is InChI=1S/C22H21FN4O/c1-14-24-18(16-11-21(28-3)17(23)12-19(16)25-14)9-10-22-26-20(13-27(22)2)15-7-5-4-6-8-15/h4-8,11-13H,9-10H2,1-3H3. The van der Waals surface area contributed by atoms with E-state index in [1.165, 1.54) is 13.2 Å². The molecule has 0 saturated carbocycles. The molecule has 0 aliphatic heterocycles. The lowest BCUT2D eigenvalue weighted by Gasteiger charge is -2.09. The molecule has 0 fully saturated rings. The molecule has 0 spiro atoms. The largest absolute Gasteiger partial charge is 0.494 e. The summed E-state index contributed by atoms with van der Waals surface area (Å²) in [6.07, 6.45) is 3.43. The van der Waals surface area contributed by atoms with Gasteiger partial charge in [0.15, 0.2) is 11.6 Å². The number of methoxy groups -OCH3 is 1. The average Bonchev–Trinajstić information content (AvgIpc) is 3.07. The number of halogens is 1. The van der Waals surface area contributed by atoms with E-state index in [0.29, 0.717) is 24.2 Å². The highest BCUT2D eigenvalue weighted by molar-refractivity contribution is 5.82. The van der Waals surface area contributed by atoms with Crippen molar-refractivity contribution in [1.82, 2.24) is 19.5 Å². The Labute approximate surface area is 162 Å². The van der Waals surface area contributed by atoms with Crippen molar-refractivity contribution in [2.24, 2.45) is 7.05 Å². The third-order valence-electron chi connectivity index (χ3n) is 4.79. The Morgan fingerprint density at radius 3 is 2.57 bits per heavy atom. The fraction of sp³-hybridized carbons (Fsp3) is 0.227. The summed E-state index contributed by atoms with van der Waals surface area (Å²) >= 11 is 0. The molecule has 6 heteroatoms. The lowest BCUT2D eigenvalue weighted by Crippen LogP contribution is -2.04. The van der Waals surface area contributed by atoms with Crippen molar-refractivity contribution in [3.05, 3.63) is 71.8 Å². The van der Waals surface area contributed by atoms with Gasteiger partial charge < -0.3 is 9.30 Å². The molecule has 4 rings (SSSR count). The van der Waals surface area contributed by atoms with E-state index in [2.05, 4.69) is 9.97 Å². The molecule has 0 saturated heterocycles. The molecule has 5 nitrogen and oxygen atoms in total. The second-order valence-corrected chi connectivity index (χ2v) is 6.74. The number of nitrogens with zero attached hydrogens (tertiary/aromatic N) is 4. The molecule has 2 aromatic heterocycles. The minimum absolute atomic E-state index is 0.199. The molecule has 2 aromatic carbocycles. The van der Waals surface area contributed by atoms with Crippen molar-refractivity contribution in [3.8, 4) is 17.0 Å². The fourth-order valence-corrected chi connectivity index (χ4v) is 3.38. The van der Waals surface area contributed by atoms with E-state index in [-0.39, 0.29) is 5.75 Å². The number of ether oxygens (including phenoxy) is 1. The normalized spacial score (nSPS) is 11.1. The third-order valence-corrected chi connectivity index (χ3v) is 4.79. The highest BCUT2D eigenvalue weighted by atomic mass is 19.1. The van der Waals surface area contributed by atoms with Gasteiger partial charge in [0.25, 0.3) is 0 Å². The van der Waals surface area contributed by atoms with Crippen LogP contribution in [-0.2, 0) is 19.9 Å². The number of hydrogen-bond donors (Lipinski definition) is 0. The van der Waals surface area contributed by atoms with Crippen LogP contribution in [0.15, 0.2) is 48.7 Å². The van der Waals surface area contributed by atoms with Crippen molar-refractivity contribution < 1.29 is 9.13 Å². The number of fused-ring (bicyclic) bond motifs is 1. The van der Waals surface area contributed by atoms with Gasteiger partial charge in [-0.3, -0.25) is 0 Å². The zero-order valence-corrected chi connectivity index (χ0v) is 16.1. The summed E-state index contributed by atoms with van der Waals surface area (Å²) in [5.41, 5.74) is 3.49. The first kappa shape index (κ1) is 18.1. The first-order valence-electron chi connectivity index (χ1n) is 9.13. The maximum absolute atomic E-state index is 14.1. The Kier molecular flexibility index (Phi) is 4.77. The summed E-state index contributed by atoms with van der Waals surface area (Å²) in [4.78, 5) is 13.7. The quantitative estimate of drug-likeness (QED) is 0.522. The topological polar surface area (TPSA) is 52.8 Å². The van der Waals surface area contributed by atoms with E-state index in [9.17, 15) is 4.39 Å². The van der Waals surface area contributed by atoms with Gasteiger partial charge in [0, 0.05) is 36.7 Å². The number of aryl methyl sites for hydroxylation is 4. The Morgan fingerprint density at radius 1 is 1.04 bits per heavy atom. The Morgan fingerprint density at radius 2 is 1.82 bits per heavy atom. The van der Waals surface area contributed by atoms with Crippen LogP contribution in [0, 0.1) is 12.7 Å². The minimum atomic E-state index is -0.421. The number of hydrogen-bond acceptors (Lipinski definition) is 4. The third kappa shape index (κ3) is 3.45. The van der Waals surface area contributed by atoms with Crippen molar-refractivity contribution in [2.75, 3.05) is 7.11 Å². The van der Waals surface area contributed by atoms with E-state index in [4.69, 9.17) is 9.72 Å². The Hall–Kier alpha value is -3.28. The predicted octanol–water partition coefficient (Wildman–Crippen LogP) is 4.27. The molecule has 0 aliphatic carbocycles. The molecule has 2 heterocycles. The van der Waals surface area contributed by atoms with Gasteiger partial charge in [0.1, 0.15) is 11.6 Å². The van der Waals surface area contributed by atoms with Crippen LogP contribution in [0.4, 0.5) is 4.39 Å². The van der Waals surface area contributed by atoms with Gasteiger partial charge in [-0.05, 0) is 19.4 Å². The summed E-state index contributed by atoms with van der Waals surface area (Å²) < 4.78 is 21.2. The fourth-order valence-electron chi connectivity index (χ4n) is 3.38. The first-order valence-corrected chi connectivity index (χ1v) is 9.13. The molecular formula is C22H21FN4O. The van der Waals surface area contributed by atoms with E-state index >= 15 is 0 Å².